The third kappa shape index (κ3) is 3.43. The van der Waals surface area contributed by atoms with Gasteiger partial charge in [0.2, 0.25) is 5.88 Å². The molecule has 1 aliphatic rings. The maximum atomic E-state index is 12.6. The van der Waals surface area contributed by atoms with Gasteiger partial charge in [0.1, 0.15) is 12.0 Å². The molecule has 2 heterocycles. The van der Waals surface area contributed by atoms with Gasteiger partial charge in [-0.15, -0.1) is 0 Å². The van der Waals surface area contributed by atoms with Gasteiger partial charge in [-0.3, -0.25) is 4.79 Å². The zero-order valence-electron chi connectivity index (χ0n) is 12.7. The van der Waals surface area contributed by atoms with Gasteiger partial charge in [-0.1, -0.05) is 29.8 Å². The monoisotopic (exact) mass is 332 g/mol. The van der Waals surface area contributed by atoms with E-state index in [1.165, 1.54) is 13.4 Å². The van der Waals surface area contributed by atoms with Crippen LogP contribution in [0.25, 0.3) is 0 Å². The maximum absolute atomic E-state index is 12.6. The minimum Gasteiger partial charge on any atom is -0.481 e. The zero-order chi connectivity index (χ0) is 16.2. The fraction of sp³-hybridized carbons (Fsp3) is 0.312. The van der Waals surface area contributed by atoms with E-state index in [0.717, 1.165) is 5.56 Å². The molecular weight excluding hydrogens is 316 g/mol. The summed E-state index contributed by atoms with van der Waals surface area (Å²) in [5, 5.41) is 4.10. The second kappa shape index (κ2) is 6.93. The highest BCUT2D eigenvalue weighted by Crippen LogP contribution is 2.25. The summed E-state index contributed by atoms with van der Waals surface area (Å²) >= 11 is 6.26. The first kappa shape index (κ1) is 15.7. The average molecular weight is 333 g/mol. The second-order valence-corrected chi connectivity index (χ2v) is 5.63. The van der Waals surface area contributed by atoms with E-state index < -0.39 is 0 Å². The molecule has 1 aromatic carbocycles. The van der Waals surface area contributed by atoms with E-state index in [4.69, 9.17) is 16.3 Å². The van der Waals surface area contributed by atoms with Crippen LogP contribution in [0, 0.1) is 0 Å². The topological polar surface area (TPSA) is 67.3 Å². The highest BCUT2D eigenvalue weighted by atomic mass is 35.5. The van der Waals surface area contributed by atoms with Gasteiger partial charge in [-0.25, -0.2) is 9.97 Å². The fourth-order valence-corrected chi connectivity index (χ4v) is 2.90. The molecule has 1 unspecified atom stereocenters. The van der Waals surface area contributed by atoms with Gasteiger partial charge in [0, 0.05) is 30.7 Å². The minimum absolute atomic E-state index is 0.00475. The Hall–Kier alpha value is -2.18. The van der Waals surface area contributed by atoms with Gasteiger partial charge < -0.3 is 15.0 Å². The lowest BCUT2D eigenvalue weighted by molar-refractivity contribution is 0.0696. The van der Waals surface area contributed by atoms with Crippen molar-refractivity contribution < 1.29 is 9.53 Å². The third-order valence-electron chi connectivity index (χ3n) is 3.81. The summed E-state index contributed by atoms with van der Waals surface area (Å²) in [7, 11) is 1.51. The van der Waals surface area contributed by atoms with Crippen LogP contribution in [0.15, 0.2) is 36.7 Å². The number of carbonyl (C=O) groups is 1. The second-order valence-electron chi connectivity index (χ2n) is 5.22. The summed E-state index contributed by atoms with van der Waals surface area (Å²) < 4.78 is 5.05. The number of piperazine rings is 1. The fourth-order valence-electron chi connectivity index (χ4n) is 2.63. The van der Waals surface area contributed by atoms with Gasteiger partial charge in [0.25, 0.3) is 5.91 Å². The number of amides is 1. The predicted octanol–water partition coefficient (Wildman–Crippen LogP) is 1.93. The number of halogens is 1. The van der Waals surface area contributed by atoms with Crippen molar-refractivity contribution in [2.24, 2.45) is 0 Å². The highest BCUT2D eigenvalue weighted by Gasteiger charge is 2.27. The van der Waals surface area contributed by atoms with E-state index in [1.54, 1.807) is 11.0 Å². The molecule has 1 fully saturated rings. The Labute approximate surface area is 139 Å². The molecule has 1 aromatic heterocycles. The zero-order valence-corrected chi connectivity index (χ0v) is 13.5. The van der Waals surface area contributed by atoms with E-state index in [-0.39, 0.29) is 11.9 Å². The van der Waals surface area contributed by atoms with Crippen LogP contribution in [0.2, 0.25) is 5.02 Å². The first-order valence-electron chi connectivity index (χ1n) is 7.32. The van der Waals surface area contributed by atoms with Crippen molar-refractivity contribution in [3.63, 3.8) is 0 Å². The number of hydrogen-bond donors (Lipinski definition) is 1. The Morgan fingerprint density at radius 3 is 3.00 bits per heavy atom. The van der Waals surface area contributed by atoms with Crippen LogP contribution in [0.1, 0.15) is 22.1 Å². The normalized spacial score (nSPS) is 17.8. The maximum Gasteiger partial charge on any atom is 0.272 e. The molecule has 2 aromatic rings. The molecule has 1 N–H and O–H groups in total. The number of hydrogen-bond acceptors (Lipinski definition) is 5. The van der Waals surface area contributed by atoms with Crippen LogP contribution in [0.3, 0.4) is 0 Å². The molecule has 23 heavy (non-hydrogen) atoms. The first-order chi connectivity index (χ1) is 11.2. The molecule has 0 aliphatic carbocycles. The van der Waals surface area contributed by atoms with Crippen molar-refractivity contribution in [2.45, 2.75) is 6.04 Å². The average Bonchev–Trinajstić information content (AvgIpc) is 2.61. The summed E-state index contributed by atoms with van der Waals surface area (Å²) in [6.07, 6.45) is 1.33. The standard InChI is InChI=1S/C16H17ClN4O2/c1-23-15-8-13(19-10-20-15)16(22)21-7-6-18-14(9-21)11-4-2-3-5-12(11)17/h2-5,8,10,14,18H,6-7,9H2,1H3. The van der Waals surface area contributed by atoms with E-state index in [0.29, 0.717) is 36.2 Å². The molecule has 0 bridgehead atoms. The molecule has 0 spiro atoms. The van der Waals surface area contributed by atoms with Crippen LogP contribution < -0.4 is 10.1 Å². The van der Waals surface area contributed by atoms with Crippen molar-refractivity contribution in [3.8, 4) is 5.88 Å². The molecule has 1 saturated heterocycles. The van der Waals surface area contributed by atoms with E-state index in [9.17, 15) is 4.79 Å². The lowest BCUT2D eigenvalue weighted by Crippen LogP contribution is -2.48. The molecule has 1 aliphatic heterocycles. The van der Waals surface area contributed by atoms with Gasteiger partial charge >= 0.3 is 0 Å². The van der Waals surface area contributed by atoms with Gasteiger partial charge in [-0.2, -0.15) is 0 Å². The van der Waals surface area contributed by atoms with Crippen molar-refractivity contribution in [1.29, 1.82) is 0 Å². The summed E-state index contributed by atoms with van der Waals surface area (Å²) in [4.78, 5) is 22.4. The Morgan fingerprint density at radius 2 is 2.22 bits per heavy atom. The quantitative estimate of drug-likeness (QED) is 0.930. The molecule has 6 nitrogen and oxygen atoms in total. The molecule has 3 rings (SSSR count). The molecule has 0 radical (unpaired) electrons. The molecule has 1 amide bonds. The molecule has 0 saturated carbocycles. The molecular formula is C16H17ClN4O2. The smallest absolute Gasteiger partial charge is 0.272 e. The van der Waals surface area contributed by atoms with Gasteiger partial charge in [0.05, 0.1) is 13.2 Å². The first-order valence-corrected chi connectivity index (χ1v) is 7.70. The number of carbonyl (C=O) groups excluding carboxylic acids is 1. The largest absolute Gasteiger partial charge is 0.481 e. The number of rotatable bonds is 3. The minimum atomic E-state index is -0.135. The van der Waals surface area contributed by atoms with E-state index >= 15 is 0 Å². The van der Waals surface area contributed by atoms with Crippen LogP contribution in [0.4, 0.5) is 0 Å². The van der Waals surface area contributed by atoms with Crippen molar-refractivity contribution >= 4 is 17.5 Å². The Balaban J connectivity index is 1.78. The molecule has 120 valence electrons. The lowest BCUT2D eigenvalue weighted by Gasteiger charge is -2.34. The van der Waals surface area contributed by atoms with Crippen molar-refractivity contribution in [1.82, 2.24) is 20.2 Å². The number of nitrogens with one attached hydrogen (secondary N) is 1. The summed E-state index contributed by atoms with van der Waals surface area (Å²) in [6.45, 7) is 1.85. The van der Waals surface area contributed by atoms with Crippen molar-refractivity contribution in [2.75, 3.05) is 26.7 Å². The van der Waals surface area contributed by atoms with Crippen LogP contribution in [0.5, 0.6) is 5.88 Å². The van der Waals surface area contributed by atoms with Crippen LogP contribution in [-0.2, 0) is 0 Å². The van der Waals surface area contributed by atoms with Crippen LogP contribution >= 0.6 is 11.6 Å². The van der Waals surface area contributed by atoms with Crippen LogP contribution in [-0.4, -0.2) is 47.5 Å². The Kier molecular flexibility index (Phi) is 4.73. The van der Waals surface area contributed by atoms with E-state index in [2.05, 4.69) is 15.3 Å². The third-order valence-corrected chi connectivity index (χ3v) is 4.16. The number of aromatic nitrogens is 2. The number of benzene rings is 1. The Bertz CT molecular complexity index is 710. The number of methoxy groups -OCH3 is 1. The number of ether oxygens (including phenoxy) is 1. The lowest BCUT2D eigenvalue weighted by atomic mass is 10.0. The highest BCUT2D eigenvalue weighted by molar-refractivity contribution is 6.31. The molecule has 7 heteroatoms. The van der Waals surface area contributed by atoms with Gasteiger partial charge in [-0.05, 0) is 11.6 Å². The summed E-state index contributed by atoms with van der Waals surface area (Å²) in [5.74, 6) is 0.241. The molecule has 1 atom stereocenters. The summed E-state index contributed by atoms with van der Waals surface area (Å²) in [6, 6.07) is 9.22. The predicted molar refractivity (Wildman–Crippen MR) is 86.7 cm³/mol. The van der Waals surface area contributed by atoms with Gasteiger partial charge in [0.15, 0.2) is 0 Å². The summed E-state index contributed by atoms with van der Waals surface area (Å²) in [5.41, 5.74) is 1.32. The number of nitrogens with zero attached hydrogens (tertiary/aromatic N) is 3. The van der Waals surface area contributed by atoms with E-state index in [1.807, 2.05) is 24.3 Å². The Morgan fingerprint density at radius 1 is 1.39 bits per heavy atom. The van der Waals surface area contributed by atoms with Crippen molar-refractivity contribution in [3.05, 3.63) is 52.9 Å². The SMILES string of the molecule is COc1cc(C(=O)N2CCNC(c3ccccc3Cl)C2)ncn1.